The SMILES string of the molecule is CCC(C(N)=O)n1c(-c2ccc(OC)c(OC)c2)nc2sc(C)c(C)c2c1=O. The molecular formula is C20H23N3O4S. The normalized spacial score (nSPS) is 12.2. The molecule has 1 unspecified atom stereocenters. The topological polar surface area (TPSA) is 96.4 Å². The smallest absolute Gasteiger partial charge is 0.263 e. The van der Waals surface area contributed by atoms with E-state index < -0.39 is 11.9 Å². The van der Waals surface area contributed by atoms with E-state index in [9.17, 15) is 9.59 Å². The van der Waals surface area contributed by atoms with Gasteiger partial charge in [-0.05, 0) is 44.0 Å². The van der Waals surface area contributed by atoms with E-state index in [4.69, 9.17) is 20.2 Å². The minimum absolute atomic E-state index is 0.262. The van der Waals surface area contributed by atoms with Crippen molar-refractivity contribution >= 4 is 27.5 Å². The number of fused-ring (bicyclic) bond motifs is 1. The van der Waals surface area contributed by atoms with Crippen molar-refractivity contribution in [2.24, 2.45) is 5.73 Å². The zero-order chi connectivity index (χ0) is 20.6. The molecule has 0 fully saturated rings. The second-order valence-corrected chi connectivity index (χ2v) is 7.67. The molecule has 2 aromatic heterocycles. The Morgan fingerprint density at radius 3 is 2.50 bits per heavy atom. The maximum absolute atomic E-state index is 13.4. The molecule has 0 aliphatic rings. The second-order valence-electron chi connectivity index (χ2n) is 6.47. The van der Waals surface area contributed by atoms with Gasteiger partial charge in [-0.15, -0.1) is 11.3 Å². The summed E-state index contributed by atoms with van der Waals surface area (Å²) < 4.78 is 12.1. The summed E-state index contributed by atoms with van der Waals surface area (Å²) >= 11 is 1.46. The summed E-state index contributed by atoms with van der Waals surface area (Å²) in [6.07, 6.45) is 0.380. The maximum Gasteiger partial charge on any atom is 0.263 e. The minimum Gasteiger partial charge on any atom is -0.493 e. The Morgan fingerprint density at radius 2 is 1.93 bits per heavy atom. The number of carbonyl (C=O) groups is 1. The van der Waals surface area contributed by atoms with Crippen molar-refractivity contribution in [1.29, 1.82) is 0 Å². The molecule has 1 amide bonds. The number of aryl methyl sites for hydroxylation is 2. The van der Waals surface area contributed by atoms with Crippen LogP contribution < -0.4 is 20.8 Å². The highest BCUT2D eigenvalue weighted by atomic mass is 32.1. The van der Waals surface area contributed by atoms with Gasteiger partial charge in [0.1, 0.15) is 16.7 Å². The van der Waals surface area contributed by atoms with Gasteiger partial charge in [-0.25, -0.2) is 4.98 Å². The number of rotatable bonds is 6. The van der Waals surface area contributed by atoms with Gasteiger partial charge in [-0.2, -0.15) is 0 Å². The Hall–Kier alpha value is -2.87. The highest BCUT2D eigenvalue weighted by Gasteiger charge is 2.25. The zero-order valence-electron chi connectivity index (χ0n) is 16.5. The van der Waals surface area contributed by atoms with Crippen LogP contribution in [0.4, 0.5) is 0 Å². The van der Waals surface area contributed by atoms with Crippen LogP contribution in [0.5, 0.6) is 11.5 Å². The number of nitrogens with zero attached hydrogens (tertiary/aromatic N) is 2. The summed E-state index contributed by atoms with van der Waals surface area (Å²) in [5, 5.41) is 0.534. The summed E-state index contributed by atoms with van der Waals surface area (Å²) in [6, 6.07) is 4.47. The number of amides is 1. The van der Waals surface area contributed by atoms with E-state index in [2.05, 4.69) is 0 Å². The van der Waals surface area contributed by atoms with E-state index in [1.807, 2.05) is 20.8 Å². The number of nitrogens with two attached hydrogens (primary N) is 1. The first kappa shape index (κ1) is 19.9. The van der Waals surface area contributed by atoms with E-state index in [1.165, 1.54) is 23.0 Å². The lowest BCUT2D eigenvalue weighted by atomic mass is 10.1. The number of thiophene rings is 1. The number of hydrogen-bond acceptors (Lipinski definition) is 6. The summed E-state index contributed by atoms with van der Waals surface area (Å²) in [4.78, 5) is 31.9. The number of methoxy groups -OCH3 is 2. The maximum atomic E-state index is 13.4. The molecule has 0 bridgehead atoms. The highest BCUT2D eigenvalue weighted by molar-refractivity contribution is 7.18. The second kappa shape index (κ2) is 7.63. The summed E-state index contributed by atoms with van der Waals surface area (Å²) in [5.41, 5.74) is 6.87. The van der Waals surface area contributed by atoms with Crippen LogP contribution >= 0.6 is 11.3 Å². The monoisotopic (exact) mass is 401 g/mol. The fraction of sp³-hybridized carbons (Fsp3) is 0.350. The predicted octanol–water partition coefficient (Wildman–Crippen LogP) is 3.20. The fourth-order valence-corrected chi connectivity index (χ4v) is 4.31. The first-order chi connectivity index (χ1) is 13.3. The zero-order valence-corrected chi connectivity index (χ0v) is 17.3. The Kier molecular flexibility index (Phi) is 5.42. The number of primary amides is 1. The van der Waals surface area contributed by atoms with Gasteiger partial charge >= 0.3 is 0 Å². The third-order valence-corrected chi connectivity index (χ3v) is 6.00. The molecule has 28 heavy (non-hydrogen) atoms. The van der Waals surface area contributed by atoms with E-state index in [-0.39, 0.29) is 5.56 Å². The van der Waals surface area contributed by atoms with Gasteiger partial charge in [-0.1, -0.05) is 6.92 Å². The van der Waals surface area contributed by atoms with Crippen molar-refractivity contribution in [1.82, 2.24) is 9.55 Å². The van der Waals surface area contributed by atoms with Crippen molar-refractivity contribution in [3.05, 3.63) is 39.0 Å². The van der Waals surface area contributed by atoms with Gasteiger partial charge in [-0.3, -0.25) is 14.2 Å². The number of benzene rings is 1. The standard InChI is InChI=1S/C20H23N3O4S/c1-6-13(17(21)24)23-18(12-7-8-14(26-4)15(9-12)27-5)22-19-16(20(23)25)10(2)11(3)28-19/h7-9,13H,6H2,1-5H3,(H2,21,24). The molecule has 0 spiro atoms. The van der Waals surface area contributed by atoms with Crippen LogP contribution in [0.15, 0.2) is 23.0 Å². The largest absolute Gasteiger partial charge is 0.493 e. The summed E-state index contributed by atoms with van der Waals surface area (Å²) in [5.74, 6) is 0.875. The first-order valence-electron chi connectivity index (χ1n) is 8.87. The molecule has 148 valence electrons. The third-order valence-electron chi connectivity index (χ3n) is 4.90. The van der Waals surface area contributed by atoms with Gasteiger partial charge in [0.2, 0.25) is 5.91 Å². The van der Waals surface area contributed by atoms with Gasteiger partial charge < -0.3 is 15.2 Å². The van der Waals surface area contributed by atoms with Crippen LogP contribution in [0.25, 0.3) is 21.6 Å². The van der Waals surface area contributed by atoms with Crippen molar-refractivity contribution in [2.45, 2.75) is 33.2 Å². The van der Waals surface area contributed by atoms with Crippen molar-refractivity contribution in [2.75, 3.05) is 14.2 Å². The average molecular weight is 401 g/mol. The van der Waals surface area contributed by atoms with Crippen molar-refractivity contribution < 1.29 is 14.3 Å². The Balaban J connectivity index is 2.41. The van der Waals surface area contributed by atoms with Crippen LogP contribution in [-0.2, 0) is 4.79 Å². The Morgan fingerprint density at radius 1 is 1.25 bits per heavy atom. The molecule has 7 nitrogen and oxygen atoms in total. The first-order valence-corrected chi connectivity index (χ1v) is 9.69. The average Bonchev–Trinajstić information content (AvgIpc) is 2.97. The molecule has 0 radical (unpaired) electrons. The molecule has 0 aliphatic carbocycles. The minimum atomic E-state index is -0.799. The van der Waals surface area contributed by atoms with Crippen molar-refractivity contribution in [3.8, 4) is 22.9 Å². The quantitative estimate of drug-likeness (QED) is 0.684. The fourth-order valence-electron chi connectivity index (χ4n) is 3.29. The van der Waals surface area contributed by atoms with Crippen LogP contribution in [0.1, 0.15) is 29.8 Å². The lowest BCUT2D eigenvalue weighted by Gasteiger charge is -2.20. The molecule has 2 N–H and O–H groups in total. The molecule has 3 aromatic rings. The Labute approximate surface area is 166 Å². The van der Waals surface area contributed by atoms with Gasteiger partial charge in [0, 0.05) is 10.4 Å². The number of hydrogen-bond donors (Lipinski definition) is 1. The summed E-state index contributed by atoms with van der Waals surface area (Å²) in [6.45, 7) is 5.66. The van der Waals surface area contributed by atoms with Crippen molar-refractivity contribution in [3.63, 3.8) is 0 Å². The molecule has 0 saturated carbocycles. The highest BCUT2D eigenvalue weighted by Crippen LogP contribution is 2.34. The molecular weight excluding hydrogens is 378 g/mol. The lowest BCUT2D eigenvalue weighted by Crippen LogP contribution is -2.35. The Bertz CT molecular complexity index is 1120. The van der Waals surface area contributed by atoms with Crippen LogP contribution in [0.2, 0.25) is 0 Å². The number of aromatic nitrogens is 2. The van der Waals surface area contributed by atoms with E-state index in [0.29, 0.717) is 39.5 Å². The van der Waals surface area contributed by atoms with Crippen LogP contribution in [0.3, 0.4) is 0 Å². The molecule has 3 rings (SSSR count). The number of ether oxygens (including phenoxy) is 2. The molecule has 1 atom stereocenters. The van der Waals surface area contributed by atoms with Gasteiger partial charge in [0.15, 0.2) is 11.5 Å². The van der Waals surface area contributed by atoms with E-state index in [0.717, 1.165) is 10.4 Å². The van der Waals surface area contributed by atoms with E-state index in [1.54, 1.807) is 25.3 Å². The van der Waals surface area contributed by atoms with Gasteiger partial charge in [0.05, 0.1) is 19.6 Å². The lowest BCUT2D eigenvalue weighted by molar-refractivity contribution is -0.121. The van der Waals surface area contributed by atoms with Crippen LogP contribution in [-0.4, -0.2) is 29.7 Å². The van der Waals surface area contributed by atoms with E-state index >= 15 is 0 Å². The molecule has 8 heteroatoms. The third kappa shape index (κ3) is 3.13. The van der Waals surface area contributed by atoms with Gasteiger partial charge in [0.25, 0.3) is 5.56 Å². The number of carbonyl (C=O) groups excluding carboxylic acids is 1. The van der Waals surface area contributed by atoms with Crippen LogP contribution in [0, 0.1) is 13.8 Å². The molecule has 0 aliphatic heterocycles. The molecule has 2 heterocycles. The molecule has 0 saturated heterocycles. The predicted molar refractivity (Wildman–Crippen MR) is 110 cm³/mol. The summed E-state index contributed by atoms with van der Waals surface area (Å²) in [7, 11) is 3.09. The molecule has 1 aromatic carbocycles.